The summed E-state index contributed by atoms with van der Waals surface area (Å²) >= 11 is 0. The zero-order chi connectivity index (χ0) is 19.8. The van der Waals surface area contributed by atoms with E-state index in [9.17, 15) is 18.0 Å². The number of carbonyl (C=O) groups is 1. The minimum absolute atomic E-state index is 0.0260. The predicted octanol–water partition coefficient (Wildman–Crippen LogP) is 4.23. The van der Waals surface area contributed by atoms with Crippen molar-refractivity contribution in [1.29, 1.82) is 0 Å². The topological polar surface area (TPSA) is 54.0 Å². The van der Waals surface area contributed by atoms with Crippen LogP contribution < -0.4 is 9.47 Å². The summed E-state index contributed by atoms with van der Waals surface area (Å²) in [4.78, 5) is 12.0. The number of carbonyl (C=O) groups excluding carboxylic acids is 1. The van der Waals surface area contributed by atoms with Crippen LogP contribution in [0.15, 0.2) is 18.2 Å². The van der Waals surface area contributed by atoms with Gasteiger partial charge in [0, 0.05) is 18.2 Å². The summed E-state index contributed by atoms with van der Waals surface area (Å²) in [5, 5.41) is 0. The molecule has 1 aliphatic rings. The number of benzene rings is 1. The van der Waals surface area contributed by atoms with Crippen LogP contribution in [0.25, 0.3) is 0 Å². The Morgan fingerprint density at radius 3 is 2.42 bits per heavy atom. The van der Waals surface area contributed by atoms with Gasteiger partial charge in [-0.1, -0.05) is 6.07 Å². The lowest BCUT2D eigenvalue weighted by molar-refractivity contribution is -0.365. The molecule has 0 saturated heterocycles. The Bertz CT molecular complexity index is 671. The quantitative estimate of drug-likeness (QED) is 0.314. The first-order chi connectivity index (χ1) is 11.9. The van der Waals surface area contributed by atoms with Gasteiger partial charge in [-0.25, -0.2) is 0 Å². The zero-order valence-electron chi connectivity index (χ0n) is 15.4. The van der Waals surface area contributed by atoms with Gasteiger partial charge in [0.25, 0.3) is 5.79 Å². The molecule has 0 aliphatic carbocycles. The maximum atomic E-state index is 14.2. The van der Waals surface area contributed by atoms with E-state index in [1.54, 1.807) is 19.6 Å². The zero-order valence-corrected chi connectivity index (χ0v) is 16.4. The smallest absolute Gasteiger partial charge is 0.442 e. The minimum atomic E-state index is -4.84. The highest BCUT2D eigenvalue weighted by atomic mass is 28.4. The number of fused-ring (bicyclic) bond motifs is 1. The van der Waals surface area contributed by atoms with Crippen molar-refractivity contribution >= 4 is 14.3 Å². The third kappa shape index (κ3) is 4.05. The molecule has 0 N–H and O–H groups in total. The van der Waals surface area contributed by atoms with Gasteiger partial charge in [-0.2, -0.15) is 13.2 Å². The van der Waals surface area contributed by atoms with Gasteiger partial charge in [-0.3, -0.25) is 4.79 Å². The van der Waals surface area contributed by atoms with E-state index in [-0.39, 0.29) is 17.9 Å². The third-order valence-corrected chi connectivity index (χ3v) is 4.78. The van der Waals surface area contributed by atoms with Gasteiger partial charge in [0.05, 0.1) is 19.4 Å². The van der Waals surface area contributed by atoms with Crippen molar-refractivity contribution in [1.82, 2.24) is 0 Å². The van der Waals surface area contributed by atoms with Crippen LogP contribution in [0, 0.1) is 0 Å². The Morgan fingerprint density at radius 1 is 1.27 bits per heavy atom. The Kier molecular flexibility index (Phi) is 5.74. The van der Waals surface area contributed by atoms with Crippen molar-refractivity contribution in [3.63, 3.8) is 0 Å². The van der Waals surface area contributed by atoms with Crippen molar-refractivity contribution < 1.29 is 36.6 Å². The van der Waals surface area contributed by atoms with E-state index in [1.165, 1.54) is 32.2 Å². The molecule has 0 saturated carbocycles. The average Bonchev–Trinajstić information content (AvgIpc) is 2.50. The molecule has 2 unspecified atom stereocenters. The molecule has 0 bridgehead atoms. The summed E-state index contributed by atoms with van der Waals surface area (Å²) in [7, 11) is -1.29. The van der Waals surface area contributed by atoms with Crippen molar-refractivity contribution in [2.45, 2.75) is 50.9 Å². The fourth-order valence-corrected chi connectivity index (χ4v) is 4.23. The predicted molar refractivity (Wildman–Crippen MR) is 90.8 cm³/mol. The molecule has 9 heteroatoms. The van der Waals surface area contributed by atoms with Crippen LogP contribution in [-0.4, -0.2) is 40.0 Å². The molecule has 26 heavy (non-hydrogen) atoms. The Labute approximate surface area is 151 Å². The van der Waals surface area contributed by atoms with Crippen LogP contribution in [-0.2, 0) is 14.0 Å². The summed E-state index contributed by atoms with van der Waals surface area (Å²) < 4.78 is 63.7. The third-order valence-electron chi connectivity index (χ3n) is 3.86. The fourth-order valence-electron chi connectivity index (χ4n) is 3.01. The molecule has 0 fully saturated rings. The Balaban J connectivity index is 2.66. The fraction of sp³-hybridized carbons (Fsp3) is 0.588. The molecule has 2 rings (SSSR count). The molecule has 0 aromatic heterocycles. The van der Waals surface area contributed by atoms with E-state index in [0.29, 0.717) is 5.75 Å². The number of rotatable bonds is 6. The summed E-state index contributed by atoms with van der Waals surface area (Å²) in [5.41, 5.74) is 0.203. The molecule has 1 aromatic carbocycles. The number of esters is 1. The maximum absolute atomic E-state index is 14.2. The van der Waals surface area contributed by atoms with E-state index < -0.39 is 38.6 Å². The molecule has 1 heterocycles. The molecular weight excluding hydrogens is 369 g/mol. The first-order valence-corrected chi connectivity index (χ1v) is 11.6. The number of methoxy groups -OCH3 is 1. The monoisotopic (exact) mass is 392 g/mol. The van der Waals surface area contributed by atoms with Crippen LogP contribution in [0.5, 0.6) is 11.5 Å². The van der Waals surface area contributed by atoms with E-state index in [0.717, 1.165) is 0 Å². The first-order valence-electron chi connectivity index (χ1n) is 8.23. The Morgan fingerprint density at radius 2 is 1.92 bits per heavy atom. The molecule has 146 valence electrons. The number of alkyl halides is 3. The van der Waals surface area contributed by atoms with Gasteiger partial charge in [-0.15, -0.1) is 0 Å². The van der Waals surface area contributed by atoms with Crippen LogP contribution in [0.3, 0.4) is 0 Å². The molecule has 2 atom stereocenters. The Hall–Kier alpha value is -1.58. The lowest BCUT2D eigenvalue weighted by atomic mass is 9.84. The number of halogens is 3. The summed E-state index contributed by atoms with van der Waals surface area (Å²) in [6.45, 7) is 6.17. The maximum Gasteiger partial charge on any atom is 0.442 e. The summed E-state index contributed by atoms with van der Waals surface area (Å²) in [6.07, 6.45) is -5.34. The van der Waals surface area contributed by atoms with Gasteiger partial charge in [0.1, 0.15) is 11.5 Å². The van der Waals surface area contributed by atoms with Gasteiger partial charge >= 0.3 is 12.1 Å². The molecule has 1 aromatic rings. The molecule has 0 amide bonds. The van der Waals surface area contributed by atoms with Crippen molar-refractivity contribution in [3.05, 3.63) is 23.8 Å². The van der Waals surface area contributed by atoms with E-state index in [2.05, 4.69) is 0 Å². The molecule has 0 spiro atoms. The second kappa shape index (κ2) is 7.20. The largest absolute Gasteiger partial charge is 0.497 e. The van der Waals surface area contributed by atoms with E-state index in [1.807, 2.05) is 0 Å². The summed E-state index contributed by atoms with van der Waals surface area (Å²) in [6, 6.07) is 4.37. The average molecular weight is 392 g/mol. The van der Waals surface area contributed by atoms with Crippen molar-refractivity contribution in [3.8, 4) is 11.5 Å². The first kappa shape index (κ1) is 20.7. The van der Waals surface area contributed by atoms with Crippen molar-refractivity contribution in [2.75, 3.05) is 13.7 Å². The number of hydrogen-bond donors (Lipinski definition) is 0. The SMILES string of the molecule is CCOC(O[Si](C)(C)C)(C1CC(=O)Oc2cc(OC)ccc21)C(F)(F)F. The van der Waals surface area contributed by atoms with Crippen LogP contribution in [0.4, 0.5) is 13.2 Å². The molecule has 0 radical (unpaired) electrons. The van der Waals surface area contributed by atoms with E-state index in [4.69, 9.17) is 18.6 Å². The molecule has 5 nitrogen and oxygen atoms in total. The van der Waals surface area contributed by atoms with Crippen molar-refractivity contribution in [2.24, 2.45) is 0 Å². The molecule has 1 aliphatic heterocycles. The van der Waals surface area contributed by atoms with Crippen LogP contribution >= 0.6 is 0 Å². The van der Waals surface area contributed by atoms with Gasteiger partial charge < -0.3 is 18.6 Å². The van der Waals surface area contributed by atoms with E-state index >= 15 is 0 Å². The van der Waals surface area contributed by atoms with Crippen LogP contribution in [0.1, 0.15) is 24.8 Å². The standard InChI is InChI=1S/C17H23F3O5Si/c1-6-23-16(17(18,19)20,25-26(3,4)5)13-10-15(21)24-14-9-11(22-2)7-8-12(13)14/h7-9,13H,6,10H2,1-5H3. The minimum Gasteiger partial charge on any atom is -0.497 e. The lowest BCUT2D eigenvalue weighted by Crippen LogP contribution is -2.59. The van der Waals surface area contributed by atoms with Gasteiger partial charge in [0.15, 0.2) is 8.32 Å². The van der Waals surface area contributed by atoms with Gasteiger partial charge in [0.2, 0.25) is 0 Å². The number of hydrogen-bond acceptors (Lipinski definition) is 5. The lowest BCUT2D eigenvalue weighted by Gasteiger charge is -2.45. The highest BCUT2D eigenvalue weighted by Gasteiger charge is 2.65. The van der Waals surface area contributed by atoms with Gasteiger partial charge in [-0.05, 0) is 32.6 Å². The normalized spacial score (nSPS) is 20.2. The van der Waals surface area contributed by atoms with Crippen LogP contribution in [0.2, 0.25) is 19.6 Å². The second-order valence-corrected chi connectivity index (χ2v) is 11.4. The summed E-state index contributed by atoms with van der Waals surface area (Å²) in [5.74, 6) is -4.68. The highest BCUT2D eigenvalue weighted by molar-refractivity contribution is 6.69. The number of ether oxygens (including phenoxy) is 3. The second-order valence-electron chi connectivity index (χ2n) is 6.95. The molecular formula is C17H23F3O5Si. The highest BCUT2D eigenvalue weighted by Crippen LogP contribution is 2.52.